The lowest BCUT2D eigenvalue weighted by molar-refractivity contribution is -0.151. The molecule has 0 radical (unpaired) electrons. The minimum atomic E-state index is -1.48. The predicted octanol–water partition coefficient (Wildman–Crippen LogP) is 4.33. The smallest absolute Gasteiger partial charge is 0.410 e. The fourth-order valence-electron chi connectivity index (χ4n) is 5.49. The summed E-state index contributed by atoms with van der Waals surface area (Å²) in [5.41, 5.74) is 0.204. The first-order chi connectivity index (χ1) is 22.1. The Morgan fingerprint density at radius 3 is 2.38 bits per heavy atom. The molecular weight excluding hydrogens is 624 g/mol. The van der Waals surface area contributed by atoms with Crippen molar-refractivity contribution >= 4 is 32.3 Å². The maximum absolute atomic E-state index is 13.6. The highest BCUT2D eigenvalue weighted by Gasteiger charge is 2.46. The van der Waals surface area contributed by atoms with Crippen molar-refractivity contribution in [2.24, 2.45) is 0 Å². The number of amides is 3. The molecule has 0 spiro atoms. The van der Waals surface area contributed by atoms with E-state index >= 15 is 0 Å². The number of esters is 1. The second-order valence-electron chi connectivity index (χ2n) is 14.2. The molecule has 2 aliphatic heterocycles. The number of carbonyl (C=O) groups is 4. The summed E-state index contributed by atoms with van der Waals surface area (Å²) in [6.45, 7) is 15.6. The predicted molar refractivity (Wildman–Crippen MR) is 179 cm³/mol. The molecule has 2 heterocycles. The molecule has 4 atom stereocenters. The Labute approximate surface area is 280 Å². The van der Waals surface area contributed by atoms with Crippen molar-refractivity contribution in [1.29, 1.82) is 0 Å². The molecule has 0 bridgehead atoms. The summed E-state index contributed by atoms with van der Waals surface area (Å²) >= 11 is 0. The van der Waals surface area contributed by atoms with Crippen LogP contribution in [0.3, 0.4) is 0 Å². The van der Waals surface area contributed by atoms with Crippen LogP contribution in [0.25, 0.3) is 0 Å². The number of alkyl carbamates (subject to hydrolysis) is 1. The zero-order valence-corrected chi connectivity index (χ0v) is 30.3. The van der Waals surface area contributed by atoms with E-state index in [4.69, 9.17) is 23.7 Å². The van der Waals surface area contributed by atoms with Gasteiger partial charge in [-0.1, -0.05) is 50.0 Å². The van der Waals surface area contributed by atoms with E-state index in [0.717, 1.165) is 11.6 Å². The highest BCUT2D eigenvalue weighted by Crippen LogP contribution is 2.26. The Hall–Kier alpha value is -3.36. The molecule has 0 aliphatic carbocycles. The van der Waals surface area contributed by atoms with Crippen LogP contribution in [0.15, 0.2) is 30.3 Å². The fraction of sp³-hybridized carbons (Fsp3) is 0.697. The number of benzene rings is 1. The summed E-state index contributed by atoms with van der Waals surface area (Å²) in [4.78, 5) is 57.9. The maximum atomic E-state index is 13.6. The quantitative estimate of drug-likeness (QED) is 0.193. The lowest BCUT2D eigenvalue weighted by atomic mass is 9.98. The van der Waals surface area contributed by atoms with Crippen LogP contribution in [0.2, 0.25) is 25.7 Å². The van der Waals surface area contributed by atoms with Crippen LogP contribution in [-0.2, 0) is 35.1 Å². The van der Waals surface area contributed by atoms with Crippen LogP contribution in [-0.4, -0.2) is 130 Å². The molecular formula is C33H54N4O9Si. The van der Waals surface area contributed by atoms with Gasteiger partial charge in [-0.15, -0.1) is 0 Å². The van der Waals surface area contributed by atoms with E-state index in [1.807, 2.05) is 56.0 Å². The summed E-state index contributed by atoms with van der Waals surface area (Å²) in [6, 6.07) is 8.01. The van der Waals surface area contributed by atoms with Crippen molar-refractivity contribution in [3.8, 4) is 0 Å². The second kappa shape index (κ2) is 17.2. The molecule has 3 amide bonds. The Kier molecular flexibility index (Phi) is 13.9. The van der Waals surface area contributed by atoms with Gasteiger partial charge in [0.15, 0.2) is 0 Å². The minimum Gasteiger partial charge on any atom is -0.464 e. The molecule has 2 saturated heterocycles. The van der Waals surface area contributed by atoms with Gasteiger partial charge in [0.2, 0.25) is 0 Å². The third-order valence-corrected chi connectivity index (χ3v) is 9.73. The van der Waals surface area contributed by atoms with E-state index < -0.39 is 56.1 Å². The largest absolute Gasteiger partial charge is 0.464 e. The van der Waals surface area contributed by atoms with Crippen LogP contribution in [0.1, 0.15) is 39.7 Å². The third kappa shape index (κ3) is 12.3. The SMILES string of the molecule is CCOC(=O)[C@@H](NC(=O)OCC[Si](C)(C)C)[C@@H]([C@H]1CN(C(=O)OCc2ccccc2)CCO1)N1CC[C@H](N(C)C(=O)OC(C)(C)C)C1. The van der Waals surface area contributed by atoms with Crippen LogP contribution in [0.5, 0.6) is 0 Å². The first-order valence-electron chi connectivity index (χ1n) is 16.4. The van der Waals surface area contributed by atoms with Gasteiger partial charge in [0.05, 0.1) is 38.5 Å². The van der Waals surface area contributed by atoms with Gasteiger partial charge in [-0.05, 0) is 45.7 Å². The van der Waals surface area contributed by atoms with Crippen LogP contribution in [0.4, 0.5) is 14.4 Å². The Bertz CT molecular complexity index is 1190. The monoisotopic (exact) mass is 678 g/mol. The van der Waals surface area contributed by atoms with Crippen LogP contribution in [0, 0.1) is 0 Å². The standard InChI is InChI=1S/C33H54N4O9Si/c1-9-42-29(38)27(34-30(39)44-19-20-47(6,7)8)28(36-16-15-25(21-36)35(5)31(40)46-33(2,3)4)26-22-37(17-18-43-26)32(41)45-23-24-13-11-10-12-14-24/h10-14,25-28H,9,15-23H2,1-8H3,(H,34,39)/t25-,26+,27-,28+/m0/s1. The van der Waals surface area contributed by atoms with Gasteiger partial charge in [0.25, 0.3) is 0 Å². The topological polar surface area (TPSA) is 136 Å². The number of hydrogen-bond acceptors (Lipinski definition) is 10. The Balaban J connectivity index is 1.85. The number of morpholine rings is 1. The van der Waals surface area contributed by atoms with Crippen molar-refractivity contribution in [2.75, 3.05) is 53.0 Å². The summed E-state index contributed by atoms with van der Waals surface area (Å²) < 4.78 is 28.4. The lowest BCUT2D eigenvalue weighted by Gasteiger charge is -2.42. The zero-order valence-electron chi connectivity index (χ0n) is 29.3. The van der Waals surface area contributed by atoms with Gasteiger partial charge in [-0.25, -0.2) is 19.2 Å². The minimum absolute atomic E-state index is 0.0991. The number of likely N-dealkylation sites (tertiary alicyclic amines) is 1. The first-order valence-corrected chi connectivity index (χ1v) is 20.2. The van der Waals surface area contributed by atoms with Gasteiger partial charge in [-0.2, -0.15) is 0 Å². The van der Waals surface area contributed by atoms with Crippen molar-refractivity contribution in [3.05, 3.63) is 35.9 Å². The van der Waals surface area contributed by atoms with Gasteiger partial charge < -0.3 is 38.8 Å². The Morgan fingerprint density at radius 2 is 1.74 bits per heavy atom. The van der Waals surface area contributed by atoms with Crippen LogP contribution < -0.4 is 5.32 Å². The molecule has 2 fully saturated rings. The van der Waals surface area contributed by atoms with E-state index in [0.29, 0.717) is 26.1 Å². The third-order valence-electron chi connectivity index (χ3n) is 8.02. The van der Waals surface area contributed by atoms with Crippen molar-refractivity contribution in [2.45, 2.75) is 96.2 Å². The first kappa shape index (κ1) is 38.1. The normalized spacial score (nSPS) is 20.1. The number of carbonyl (C=O) groups excluding carboxylic acids is 4. The molecule has 47 heavy (non-hydrogen) atoms. The van der Waals surface area contributed by atoms with Gasteiger partial charge in [-0.3, -0.25) is 4.90 Å². The molecule has 14 heteroatoms. The molecule has 13 nitrogen and oxygen atoms in total. The number of nitrogens with one attached hydrogen (secondary N) is 1. The molecule has 3 rings (SSSR count). The summed E-state index contributed by atoms with van der Waals surface area (Å²) in [5.74, 6) is -0.643. The number of rotatable bonds is 12. The van der Waals surface area contributed by atoms with Gasteiger partial charge in [0, 0.05) is 40.8 Å². The average molecular weight is 679 g/mol. The highest BCUT2D eigenvalue weighted by atomic mass is 28.3. The number of likely N-dealkylation sites (N-methyl/N-ethyl adjacent to an activating group) is 1. The molecule has 264 valence electrons. The van der Waals surface area contributed by atoms with E-state index in [-0.39, 0.29) is 39.0 Å². The molecule has 1 aromatic rings. The van der Waals surface area contributed by atoms with Crippen molar-refractivity contribution < 1.29 is 42.9 Å². The van der Waals surface area contributed by atoms with Crippen LogP contribution >= 0.6 is 0 Å². The molecule has 0 saturated carbocycles. The lowest BCUT2D eigenvalue weighted by Crippen LogP contribution is -2.64. The molecule has 0 unspecified atom stereocenters. The molecule has 0 aromatic heterocycles. The average Bonchev–Trinajstić information content (AvgIpc) is 3.48. The Morgan fingerprint density at radius 1 is 1.04 bits per heavy atom. The van der Waals surface area contributed by atoms with Gasteiger partial charge in [0.1, 0.15) is 18.2 Å². The second-order valence-corrected chi connectivity index (χ2v) is 19.9. The molecule has 2 aliphatic rings. The van der Waals surface area contributed by atoms with Crippen molar-refractivity contribution in [1.82, 2.24) is 20.0 Å². The molecule has 1 N–H and O–H groups in total. The summed E-state index contributed by atoms with van der Waals surface area (Å²) in [6.07, 6.45) is -1.79. The van der Waals surface area contributed by atoms with E-state index in [1.54, 1.807) is 23.8 Å². The maximum Gasteiger partial charge on any atom is 0.410 e. The molecule has 1 aromatic carbocycles. The fourth-order valence-corrected chi connectivity index (χ4v) is 6.21. The summed E-state index contributed by atoms with van der Waals surface area (Å²) in [5, 5.41) is 2.77. The number of nitrogens with zero attached hydrogens (tertiary/aromatic N) is 3. The highest BCUT2D eigenvalue weighted by molar-refractivity contribution is 6.76. The summed E-state index contributed by atoms with van der Waals surface area (Å²) in [7, 11) is 0.215. The number of hydrogen-bond donors (Lipinski definition) is 1. The van der Waals surface area contributed by atoms with Gasteiger partial charge >= 0.3 is 24.2 Å². The van der Waals surface area contributed by atoms with E-state index in [1.165, 1.54) is 0 Å². The van der Waals surface area contributed by atoms with E-state index in [2.05, 4.69) is 25.0 Å². The van der Waals surface area contributed by atoms with E-state index in [9.17, 15) is 19.2 Å². The van der Waals surface area contributed by atoms with Crippen molar-refractivity contribution in [3.63, 3.8) is 0 Å². The number of ether oxygens (including phenoxy) is 5. The zero-order chi connectivity index (χ0) is 34.8.